The fraction of sp³-hybridized carbons (Fsp3) is 0.467. The van der Waals surface area contributed by atoms with Crippen LogP contribution in [0, 0.1) is 0 Å². The number of aryl methyl sites for hydroxylation is 1. The van der Waals surface area contributed by atoms with Crippen molar-refractivity contribution in [3.63, 3.8) is 0 Å². The predicted octanol–water partition coefficient (Wildman–Crippen LogP) is 1.16. The second kappa shape index (κ2) is 5.73. The van der Waals surface area contributed by atoms with E-state index < -0.39 is 0 Å². The average Bonchev–Trinajstić information content (AvgIpc) is 2.85. The maximum absolute atomic E-state index is 12.3. The average molecular weight is 273 g/mol. The first-order chi connectivity index (χ1) is 9.79. The zero-order chi connectivity index (χ0) is 13.9. The van der Waals surface area contributed by atoms with Crippen LogP contribution in [-0.2, 0) is 22.5 Å². The third-order valence-electron chi connectivity index (χ3n) is 3.69. The maximum atomic E-state index is 12.3. The van der Waals surface area contributed by atoms with E-state index in [0.717, 1.165) is 29.9 Å². The van der Waals surface area contributed by atoms with Crippen molar-refractivity contribution in [2.75, 3.05) is 19.8 Å². The Bertz CT molecular complexity index is 615. The molecule has 0 spiro atoms. The third kappa shape index (κ3) is 2.46. The van der Waals surface area contributed by atoms with Crippen LogP contribution in [-0.4, -0.2) is 41.1 Å². The number of morpholine rings is 1. The summed E-state index contributed by atoms with van der Waals surface area (Å²) in [6.45, 7) is 4.77. The Balaban J connectivity index is 1.84. The van der Waals surface area contributed by atoms with E-state index in [1.165, 1.54) is 0 Å². The van der Waals surface area contributed by atoms with Crippen LogP contribution in [0.3, 0.4) is 0 Å². The Labute approximate surface area is 117 Å². The molecule has 2 aromatic rings. The molecule has 3 rings (SSSR count). The highest BCUT2D eigenvalue weighted by Crippen LogP contribution is 2.16. The van der Waals surface area contributed by atoms with Gasteiger partial charge < -0.3 is 14.6 Å². The normalized spacial score (nSPS) is 19.4. The van der Waals surface area contributed by atoms with Crippen LogP contribution >= 0.6 is 0 Å². The second-order valence-corrected chi connectivity index (χ2v) is 4.99. The Kier molecular flexibility index (Phi) is 3.80. The van der Waals surface area contributed by atoms with E-state index in [1.54, 1.807) is 0 Å². The summed E-state index contributed by atoms with van der Waals surface area (Å²) >= 11 is 0. The first-order valence-corrected chi connectivity index (χ1v) is 7.07. The van der Waals surface area contributed by atoms with Gasteiger partial charge in [-0.1, -0.05) is 12.1 Å². The van der Waals surface area contributed by atoms with Gasteiger partial charge in [-0.3, -0.25) is 4.79 Å². The summed E-state index contributed by atoms with van der Waals surface area (Å²) in [5.41, 5.74) is 2.04. The van der Waals surface area contributed by atoms with Crippen LogP contribution in [0.15, 0.2) is 24.3 Å². The molecule has 1 aliphatic heterocycles. The molecule has 20 heavy (non-hydrogen) atoms. The highest BCUT2D eigenvalue weighted by molar-refractivity contribution is 5.87. The minimum atomic E-state index is -0.200. The molecule has 1 fully saturated rings. The van der Waals surface area contributed by atoms with E-state index in [4.69, 9.17) is 4.74 Å². The molecule has 1 atom stereocenters. The lowest BCUT2D eigenvalue weighted by atomic mass is 10.1. The van der Waals surface area contributed by atoms with Crippen LogP contribution in [0.5, 0.6) is 0 Å². The molecule has 0 amide bonds. The number of rotatable bonds is 4. The van der Waals surface area contributed by atoms with E-state index in [1.807, 2.05) is 24.3 Å². The fourth-order valence-corrected chi connectivity index (χ4v) is 2.66. The van der Waals surface area contributed by atoms with Gasteiger partial charge in [0, 0.05) is 13.1 Å². The zero-order valence-electron chi connectivity index (χ0n) is 11.6. The van der Waals surface area contributed by atoms with E-state index in [9.17, 15) is 4.79 Å². The predicted molar refractivity (Wildman–Crippen MR) is 76.7 cm³/mol. The summed E-state index contributed by atoms with van der Waals surface area (Å²) in [6, 6.07) is 7.79. The molecule has 0 radical (unpaired) electrons. The number of imidazole rings is 1. The number of nitrogens with zero attached hydrogens (tertiary/aromatic N) is 2. The van der Waals surface area contributed by atoms with Gasteiger partial charge in [-0.2, -0.15) is 0 Å². The molecule has 1 unspecified atom stereocenters. The molecule has 0 saturated carbocycles. The van der Waals surface area contributed by atoms with E-state index in [0.29, 0.717) is 19.6 Å². The number of fused-ring (bicyclic) bond motifs is 1. The number of Topliss-reactive ketones (excluding diaryl/α,β-unsaturated/α-hetero) is 1. The van der Waals surface area contributed by atoms with Gasteiger partial charge in [0.25, 0.3) is 0 Å². The molecular formula is C15H19N3O2. The summed E-state index contributed by atoms with van der Waals surface area (Å²) < 4.78 is 7.45. The van der Waals surface area contributed by atoms with Gasteiger partial charge in [0.05, 0.1) is 36.7 Å². The molecule has 1 saturated heterocycles. The number of para-hydroxylation sites is 2. The van der Waals surface area contributed by atoms with Crippen molar-refractivity contribution in [1.82, 2.24) is 14.9 Å². The van der Waals surface area contributed by atoms with Crippen molar-refractivity contribution in [2.45, 2.75) is 25.9 Å². The summed E-state index contributed by atoms with van der Waals surface area (Å²) in [4.78, 5) is 16.9. The van der Waals surface area contributed by atoms with Gasteiger partial charge in [0.2, 0.25) is 0 Å². The molecule has 1 aromatic carbocycles. The maximum Gasteiger partial charge on any atom is 0.159 e. The summed E-state index contributed by atoms with van der Waals surface area (Å²) in [5.74, 6) is 0.987. The van der Waals surface area contributed by atoms with Gasteiger partial charge in [0.1, 0.15) is 5.82 Å². The minimum absolute atomic E-state index is 0.148. The summed E-state index contributed by atoms with van der Waals surface area (Å²) in [5, 5.41) is 3.20. The Morgan fingerprint density at radius 2 is 2.35 bits per heavy atom. The van der Waals surface area contributed by atoms with Crippen LogP contribution in [0.4, 0.5) is 0 Å². The van der Waals surface area contributed by atoms with Crippen LogP contribution in [0.1, 0.15) is 12.7 Å². The SMILES string of the molecule is CCn1c(CC(=O)C2COCCN2)nc2ccccc21. The standard InChI is InChI=1S/C15H19N3O2/c1-2-18-13-6-4-3-5-11(13)17-15(18)9-14(19)12-10-20-8-7-16-12/h3-6,12,16H,2,7-10H2,1H3. The molecule has 0 aliphatic carbocycles. The van der Waals surface area contributed by atoms with Gasteiger partial charge >= 0.3 is 0 Å². The van der Waals surface area contributed by atoms with Crippen molar-refractivity contribution < 1.29 is 9.53 Å². The third-order valence-corrected chi connectivity index (χ3v) is 3.69. The minimum Gasteiger partial charge on any atom is -0.378 e. The smallest absolute Gasteiger partial charge is 0.159 e. The van der Waals surface area contributed by atoms with E-state index in [-0.39, 0.29) is 11.8 Å². The molecule has 2 heterocycles. The molecule has 0 bridgehead atoms. The lowest BCUT2D eigenvalue weighted by Crippen LogP contribution is -2.47. The van der Waals surface area contributed by atoms with Gasteiger partial charge in [0.15, 0.2) is 5.78 Å². The second-order valence-electron chi connectivity index (χ2n) is 4.99. The van der Waals surface area contributed by atoms with E-state index >= 15 is 0 Å². The largest absolute Gasteiger partial charge is 0.378 e. The lowest BCUT2D eigenvalue weighted by Gasteiger charge is -2.22. The van der Waals surface area contributed by atoms with Gasteiger partial charge in [-0.05, 0) is 19.1 Å². The van der Waals surface area contributed by atoms with Crippen molar-refractivity contribution in [2.24, 2.45) is 0 Å². The number of nitrogens with one attached hydrogen (secondary N) is 1. The summed E-state index contributed by atoms with van der Waals surface area (Å²) in [7, 11) is 0. The summed E-state index contributed by atoms with van der Waals surface area (Å²) in [6.07, 6.45) is 0.351. The molecule has 5 nitrogen and oxygen atoms in total. The lowest BCUT2D eigenvalue weighted by molar-refractivity contribution is -0.123. The number of ether oxygens (including phenoxy) is 1. The zero-order valence-corrected chi connectivity index (χ0v) is 11.6. The van der Waals surface area contributed by atoms with Crippen LogP contribution in [0.25, 0.3) is 11.0 Å². The van der Waals surface area contributed by atoms with Crippen molar-refractivity contribution in [3.8, 4) is 0 Å². The molecule has 106 valence electrons. The first kappa shape index (κ1) is 13.3. The number of carbonyl (C=O) groups excluding carboxylic acids is 1. The fourth-order valence-electron chi connectivity index (χ4n) is 2.66. The molecule has 1 N–H and O–H groups in total. The molecule has 1 aromatic heterocycles. The van der Waals surface area contributed by atoms with Gasteiger partial charge in [-0.25, -0.2) is 4.98 Å². The number of hydrogen-bond donors (Lipinski definition) is 1. The van der Waals surface area contributed by atoms with Crippen molar-refractivity contribution >= 4 is 16.8 Å². The highest BCUT2D eigenvalue weighted by atomic mass is 16.5. The number of ketones is 1. The molecule has 1 aliphatic rings. The molecule has 5 heteroatoms. The van der Waals surface area contributed by atoms with Crippen molar-refractivity contribution in [1.29, 1.82) is 0 Å². The van der Waals surface area contributed by atoms with Crippen LogP contribution in [0.2, 0.25) is 0 Å². The highest BCUT2D eigenvalue weighted by Gasteiger charge is 2.23. The van der Waals surface area contributed by atoms with Crippen molar-refractivity contribution in [3.05, 3.63) is 30.1 Å². The first-order valence-electron chi connectivity index (χ1n) is 7.07. The topological polar surface area (TPSA) is 56.1 Å². The number of benzene rings is 1. The molecular weight excluding hydrogens is 254 g/mol. The Hall–Kier alpha value is -1.72. The number of aromatic nitrogens is 2. The van der Waals surface area contributed by atoms with Gasteiger partial charge in [-0.15, -0.1) is 0 Å². The Morgan fingerprint density at radius 1 is 1.50 bits per heavy atom. The van der Waals surface area contributed by atoms with Crippen LogP contribution < -0.4 is 5.32 Å². The van der Waals surface area contributed by atoms with E-state index in [2.05, 4.69) is 21.8 Å². The Morgan fingerprint density at radius 3 is 3.10 bits per heavy atom. The number of carbonyl (C=O) groups is 1. The number of hydrogen-bond acceptors (Lipinski definition) is 4. The quantitative estimate of drug-likeness (QED) is 0.908. The monoisotopic (exact) mass is 273 g/mol.